The fraction of sp³-hybridized carbons (Fsp3) is 0.200. The summed E-state index contributed by atoms with van der Waals surface area (Å²) in [6, 6.07) is 23.3. The molecule has 2 aromatic heterocycles. The average molecular weight is 476 g/mol. The van der Waals surface area contributed by atoms with Gasteiger partial charge in [0, 0.05) is 47.8 Å². The molecule has 0 aliphatic carbocycles. The fourth-order valence-electron chi connectivity index (χ4n) is 5.17. The molecule has 36 heavy (non-hydrogen) atoms. The fourth-order valence-corrected chi connectivity index (χ4v) is 5.17. The van der Waals surface area contributed by atoms with E-state index in [2.05, 4.69) is 76.8 Å². The molecule has 3 aromatic carbocycles. The summed E-state index contributed by atoms with van der Waals surface area (Å²) in [5, 5.41) is 13.4. The molecule has 3 N–H and O–H groups in total. The zero-order valence-corrected chi connectivity index (χ0v) is 20.5. The van der Waals surface area contributed by atoms with Gasteiger partial charge >= 0.3 is 0 Å². The van der Waals surface area contributed by atoms with Gasteiger partial charge in [0.1, 0.15) is 0 Å². The van der Waals surface area contributed by atoms with E-state index < -0.39 is 0 Å². The third-order valence-electron chi connectivity index (χ3n) is 6.91. The maximum Gasteiger partial charge on any atom is 0.253 e. The van der Waals surface area contributed by atoms with Crippen LogP contribution in [-0.4, -0.2) is 51.2 Å². The highest BCUT2D eigenvalue weighted by molar-refractivity contribution is 5.95. The SMILES string of the molecule is C[C@@H]1CN(C(=O)c2ccc(/C=C/c3n[nH]c4cc(-c5ccc6[nH]ccc6c5)ccc34)cc2)C[C@H](C)N1. The number of H-pyrrole nitrogens is 2. The molecule has 6 rings (SSSR count). The molecule has 0 radical (unpaired) electrons. The molecule has 1 aliphatic rings. The summed E-state index contributed by atoms with van der Waals surface area (Å²) in [5.41, 5.74) is 7.11. The van der Waals surface area contributed by atoms with E-state index in [9.17, 15) is 4.79 Å². The van der Waals surface area contributed by atoms with Crippen molar-refractivity contribution in [3.05, 3.63) is 89.7 Å². The first-order valence-corrected chi connectivity index (χ1v) is 12.4. The first-order valence-electron chi connectivity index (χ1n) is 12.4. The monoisotopic (exact) mass is 475 g/mol. The molecule has 3 heterocycles. The van der Waals surface area contributed by atoms with Gasteiger partial charge in [0.2, 0.25) is 0 Å². The van der Waals surface area contributed by atoms with Gasteiger partial charge in [0.05, 0.1) is 11.2 Å². The van der Waals surface area contributed by atoms with Crippen LogP contribution in [0.3, 0.4) is 0 Å². The first-order chi connectivity index (χ1) is 17.5. The standard InChI is InChI=1S/C30H29N5O/c1-19-17-35(18-20(2)32-19)30(36)22-6-3-21(4-7-22)5-11-28-26-10-8-24(16-29(26)34-33-28)23-9-12-27-25(15-23)13-14-31-27/h3-16,19-20,31-32H,17-18H2,1-2H3,(H,33,34)/b11-5+/t19-,20+. The lowest BCUT2D eigenvalue weighted by molar-refractivity contribution is 0.0674. The van der Waals surface area contributed by atoms with Crippen LogP contribution in [0.1, 0.15) is 35.5 Å². The minimum absolute atomic E-state index is 0.0930. The number of hydrogen-bond donors (Lipinski definition) is 3. The van der Waals surface area contributed by atoms with Gasteiger partial charge < -0.3 is 15.2 Å². The second kappa shape index (κ2) is 9.13. The van der Waals surface area contributed by atoms with Gasteiger partial charge in [0.15, 0.2) is 0 Å². The van der Waals surface area contributed by atoms with Crippen LogP contribution in [0.25, 0.3) is 45.1 Å². The van der Waals surface area contributed by atoms with E-state index in [1.54, 1.807) is 0 Å². The van der Waals surface area contributed by atoms with E-state index in [1.165, 1.54) is 10.9 Å². The Hall–Kier alpha value is -4.16. The molecular weight excluding hydrogens is 446 g/mol. The van der Waals surface area contributed by atoms with E-state index in [-0.39, 0.29) is 5.91 Å². The summed E-state index contributed by atoms with van der Waals surface area (Å²) in [6.45, 7) is 5.70. The molecule has 0 bridgehead atoms. The molecule has 0 spiro atoms. The molecule has 1 amide bonds. The van der Waals surface area contributed by atoms with Crippen molar-refractivity contribution in [2.75, 3.05) is 13.1 Å². The number of nitrogens with one attached hydrogen (secondary N) is 3. The zero-order valence-electron chi connectivity index (χ0n) is 20.5. The van der Waals surface area contributed by atoms with Crippen LogP contribution in [0.15, 0.2) is 72.9 Å². The van der Waals surface area contributed by atoms with Gasteiger partial charge in [-0.05, 0) is 84.5 Å². The molecule has 6 heteroatoms. The summed E-state index contributed by atoms with van der Waals surface area (Å²) >= 11 is 0. The van der Waals surface area contributed by atoms with Crippen molar-refractivity contribution in [1.82, 2.24) is 25.4 Å². The minimum Gasteiger partial charge on any atom is -0.361 e. The predicted molar refractivity (Wildman–Crippen MR) is 147 cm³/mol. The summed E-state index contributed by atoms with van der Waals surface area (Å²) in [5.74, 6) is 0.0930. The van der Waals surface area contributed by atoms with Crippen LogP contribution in [0.2, 0.25) is 0 Å². The number of amides is 1. The van der Waals surface area contributed by atoms with Crippen molar-refractivity contribution in [3.8, 4) is 11.1 Å². The second-order valence-corrected chi connectivity index (χ2v) is 9.78. The number of benzene rings is 3. The lowest BCUT2D eigenvalue weighted by atomic mass is 10.0. The molecule has 2 atom stereocenters. The first kappa shape index (κ1) is 22.3. The summed E-state index contributed by atoms with van der Waals surface area (Å²) < 4.78 is 0. The quantitative estimate of drug-likeness (QED) is 0.312. The molecule has 1 saturated heterocycles. The third kappa shape index (κ3) is 4.32. The van der Waals surface area contributed by atoms with E-state index in [1.807, 2.05) is 47.5 Å². The Bertz CT molecular complexity index is 1570. The number of aromatic amines is 2. The Labute approximate surface area is 210 Å². The van der Waals surface area contributed by atoms with Crippen LogP contribution >= 0.6 is 0 Å². The Morgan fingerprint density at radius 1 is 0.889 bits per heavy atom. The van der Waals surface area contributed by atoms with E-state index in [0.29, 0.717) is 12.1 Å². The largest absolute Gasteiger partial charge is 0.361 e. The molecule has 180 valence electrons. The number of aromatic nitrogens is 3. The summed E-state index contributed by atoms with van der Waals surface area (Å²) in [7, 11) is 0. The number of nitrogens with zero attached hydrogens (tertiary/aromatic N) is 2. The number of carbonyl (C=O) groups excluding carboxylic acids is 1. The highest BCUT2D eigenvalue weighted by Crippen LogP contribution is 2.28. The van der Waals surface area contributed by atoms with Crippen LogP contribution < -0.4 is 5.32 Å². The number of carbonyl (C=O) groups is 1. The van der Waals surface area contributed by atoms with Gasteiger partial charge in [-0.25, -0.2) is 0 Å². The molecular formula is C30H29N5O. The van der Waals surface area contributed by atoms with Gasteiger partial charge in [-0.3, -0.25) is 9.89 Å². The van der Waals surface area contributed by atoms with Crippen molar-refractivity contribution in [2.24, 2.45) is 0 Å². The molecule has 0 saturated carbocycles. The smallest absolute Gasteiger partial charge is 0.253 e. The Kier molecular flexibility index (Phi) is 5.66. The lowest BCUT2D eigenvalue weighted by Gasteiger charge is -2.36. The van der Waals surface area contributed by atoms with Gasteiger partial charge in [0.25, 0.3) is 5.91 Å². The van der Waals surface area contributed by atoms with Crippen LogP contribution in [0.5, 0.6) is 0 Å². The third-order valence-corrected chi connectivity index (χ3v) is 6.91. The normalized spacial score (nSPS) is 18.4. The summed E-state index contributed by atoms with van der Waals surface area (Å²) in [6.07, 6.45) is 6.01. The van der Waals surface area contributed by atoms with Crippen LogP contribution in [0, 0.1) is 0 Å². The van der Waals surface area contributed by atoms with Gasteiger partial charge in [-0.1, -0.05) is 30.3 Å². The summed E-state index contributed by atoms with van der Waals surface area (Å²) in [4.78, 5) is 18.1. The maximum atomic E-state index is 12.9. The van der Waals surface area contributed by atoms with Crippen molar-refractivity contribution in [1.29, 1.82) is 0 Å². The molecule has 1 fully saturated rings. The highest BCUT2D eigenvalue weighted by atomic mass is 16.2. The molecule has 6 nitrogen and oxygen atoms in total. The van der Waals surface area contributed by atoms with Crippen LogP contribution in [-0.2, 0) is 0 Å². The van der Waals surface area contributed by atoms with Crippen LogP contribution in [0.4, 0.5) is 0 Å². The molecule has 0 unspecified atom stereocenters. The second-order valence-electron chi connectivity index (χ2n) is 9.78. The number of piperazine rings is 1. The predicted octanol–water partition coefficient (Wildman–Crippen LogP) is 5.70. The molecule has 5 aromatic rings. The topological polar surface area (TPSA) is 76.8 Å². The number of hydrogen-bond acceptors (Lipinski definition) is 3. The van der Waals surface area contributed by atoms with E-state index in [0.717, 1.165) is 51.9 Å². The zero-order chi connectivity index (χ0) is 24.6. The lowest BCUT2D eigenvalue weighted by Crippen LogP contribution is -2.55. The highest BCUT2D eigenvalue weighted by Gasteiger charge is 2.25. The Balaban J connectivity index is 1.18. The van der Waals surface area contributed by atoms with Crippen molar-refractivity contribution in [3.63, 3.8) is 0 Å². The van der Waals surface area contributed by atoms with Gasteiger partial charge in [-0.15, -0.1) is 0 Å². The van der Waals surface area contributed by atoms with E-state index in [4.69, 9.17) is 0 Å². The van der Waals surface area contributed by atoms with Crippen molar-refractivity contribution >= 4 is 39.9 Å². The van der Waals surface area contributed by atoms with Crippen molar-refractivity contribution in [2.45, 2.75) is 25.9 Å². The number of fused-ring (bicyclic) bond motifs is 2. The number of rotatable bonds is 4. The minimum atomic E-state index is 0.0930. The maximum absolute atomic E-state index is 12.9. The average Bonchev–Trinajstić information content (AvgIpc) is 3.52. The van der Waals surface area contributed by atoms with E-state index >= 15 is 0 Å². The van der Waals surface area contributed by atoms with Gasteiger partial charge in [-0.2, -0.15) is 5.10 Å². The molecule has 1 aliphatic heterocycles. The van der Waals surface area contributed by atoms with Crippen molar-refractivity contribution < 1.29 is 4.79 Å². The Morgan fingerprint density at radius 3 is 2.44 bits per heavy atom. The Morgan fingerprint density at radius 2 is 1.64 bits per heavy atom.